The van der Waals surface area contributed by atoms with Gasteiger partial charge in [0.2, 0.25) is 5.43 Å². The Balaban J connectivity index is 1.43. The molecule has 0 bridgehead atoms. The van der Waals surface area contributed by atoms with Crippen LogP contribution in [0.4, 0.5) is 5.69 Å². The van der Waals surface area contributed by atoms with Gasteiger partial charge in [-0.2, -0.15) is 0 Å². The first-order chi connectivity index (χ1) is 17.5. The zero-order valence-corrected chi connectivity index (χ0v) is 21.2. The van der Waals surface area contributed by atoms with Crippen molar-refractivity contribution in [1.29, 1.82) is 0 Å². The Labute approximate surface area is 215 Å². The van der Waals surface area contributed by atoms with Gasteiger partial charge in [-0.1, -0.05) is 11.6 Å². The summed E-state index contributed by atoms with van der Waals surface area (Å²) < 4.78 is 8.17. The Kier molecular flexibility index (Phi) is 6.11. The molecule has 9 heteroatoms. The molecule has 0 spiro atoms. The van der Waals surface area contributed by atoms with Crippen LogP contribution in [0.5, 0.6) is 11.5 Å². The number of likely N-dealkylation sites (N-methyl/N-ethyl adjacent to an activating group) is 1. The van der Waals surface area contributed by atoms with Crippen molar-refractivity contribution in [2.75, 3.05) is 64.3 Å². The third-order valence-corrected chi connectivity index (χ3v) is 7.71. The van der Waals surface area contributed by atoms with Gasteiger partial charge in [0.25, 0.3) is 5.91 Å². The normalized spacial score (nSPS) is 17.8. The van der Waals surface area contributed by atoms with E-state index in [-0.39, 0.29) is 16.9 Å². The number of amides is 1. The first-order valence-corrected chi connectivity index (χ1v) is 13.0. The summed E-state index contributed by atoms with van der Waals surface area (Å²) in [5.74, 6) is 0.837. The molecule has 2 aromatic carbocycles. The average Bonchev–Trinajstić information content (AvgIpc) is 3.39. The second-order valence-corrected chi connectivity index (χ2v) is 10.3. The van der Waals surface area contributed by atoms with Gasteiger partial charge in [-0.25, -0.2) is 0 Å². The molecule has 1 amide bonds. The SMILES string of the molecule is CN1CCN(c2cc3c4c(c2)c(=O)c(C(=O)NCCN2CCCC2)cn4-c2ccc(Cl)cc2O3)CC1. The van der Waals surface area contributed by atoms with Crippen molar-refractivity contribution < 1.29 is 9.53 Å². The van der Waals surface area contributed by atoms with E-state index in [1.807, 2.05) is 22.8 Å². The molecule has 1 aromatic heterocycles. The van der Waals surface area contributed by atoms with Crippen molar-refractivity contribution in [3.8, 4) is 17.2 Å². The molecule has 0 aliphatic carbocycles. The zero-order valence-electron chi connectivity index (χ0n) is 20.4. The molecule has 36 heavy (non-hydrogen) atoms. The molecule has 6 rings (SSSR count). The van der Waals surface area contributed by atoms with Gasteiger partial charge in [0.15, 0.2) is 11.5 Å². The predicted molar refractivity (Wildman–Crippen MR) is 142 cm³/mol. The van der Waals surface area contributed by atoms with Gasteiger partial charge in [-0.3, -0.25) is 9.59 Å². The van der Waals surface area contributed by atoms with Crippen molar-refractivity contribution in [2.24, 2.45) is 0 Å². The second-order valence-electron chi connectivity index (χ2n) is 9.89. The van der Waals surface area contributed by atoms with Crippen LogP contribution in [0.15, 0.2) is 41.3 Å². The number of benzene rings is 2. The van der Waals surface area contributed by atoms with Crippen molar-refractivity contribution in [1.82, 2.24) is 19.7 Å². The van der Waals surface area contributed by atoms with Gasteiger partial charge in [0.1, 0.15) is 11.1 Å². The van der Waals surface area contributed by atoms with Crippen molar-refractivity contribution in [3.05, 3.63) is 57.3 Å². The average molecular weight is 508 g/mol. The highest BCUT2D eigenvalue weighted by molar-refractivity contribution is 6.30. The number of ether oxygens (including phenoxy) is 1. The lowest BCUT2D eigenvalue weighted by Crippen LogP contribution is -2.44. The second kappa shape index (κ2) is 9.42. The van der Waals surface area contributed by atoms with E-state index in [1.54, 1.807) is 18.3 Å². The van der Waals surface area contributed by atoms with Crippen LogP contribution in [0, 0.1) is 0 Å². The number of carbonyl (C=O) groups is 1. The quantitative estimate of drug-likeness (QED) is 0.447. The third kappa shape index (κ3) is 4.23. The van der Waals surface area contributed by atoms with Crippen molar-refractivity contribution >= 4 is 34.1 Å². The zero-order chi connectivity index (χ0) is 24.8. The third-order valence-electron chi connectivity index (χ3n) is 7.47. The summed E-state index contributed by atoms with van der Waals surface area (Å²) in [6.45, 7) is 7.03. The van der Waals surface area contributed by atoms with Crippen LogP contribution in [-0.4, -0.2) is 79.7 Å². The molecule has 8 nitrogen and oxygen atoms in total. The van der Waals surface area contributed by atoms with Crippen LogP contribution < -0.4 is 20.4 Å². The van der Waals surface area contributed by atoms with E-state index < -0.39 is 0 Å². The maximum absolute atomic E-state index is 13.7. The van der Waals surface area contributed by atoms with E-state index in [0.717, 1.165) is 57.2 Å². The summed E-state index contributed by atoms with van der Waals surface area (Å²) in [7, 11) is 2.11. The highest BCUT2D eigenvalue weighted by Crippen LogP contribution is 2.42. The number of anilines is 1. The summed E-state index contributed by atoms with van der Waals surface area (Å²) in [6, 6.07) is 9.31. The molecular weight excluding hydrogens is 478 g/mol. The fraction of sp³-hybridized carbons (Fsp3) is 0.407. The maximum Gasteiger partial charge on any atom is 0.256 e. The Morgan fingerprint density at radius 3 is 2.58 bits per heavy atom. The summed E-state index contributed by atoms with van der Waals surface area (Å²) in [5, 5.41) is 4.01. The first-order valence-electron chi connectivity index (χ1n) is 12.6. The Bertz CT molecular complexity index is 1390. The number of nitrogens with one attached hydrogen (secondary N) is 1. The van der Waals surface area contributed by atoms with Gasteiger partial charge in [-0.15, -0.1) is 0 Å². The molecule has 2 saturated heterocycles. The number of aromatic nitrogens is 1. The molecule has 0 saturated carbocycles. The minimum Gasteiger partial charge on any atom is -0.453 e. The topological polar surface area (TPSA) is 70.1 Å². The number of pyridine rings is 1. The number of carbonyl (C=O) groups excluding carboxylic acids is 1. The molecule has 3 aliphatic heterocycles. The fourth-order valence-electron chi connectivity index (χ4n) is 5.41. The number of nitrogens with zero attached hydrogens (tertiary/aromatic N) is 4. The smallest absolute Gasteiger partial charge is 0.256 e. The van der Waals surface area contributed by atoms with Gasteiger partial charge in [-0.05, 0) is 51.2 Å². The lowest BCUT2D eigenvalue weighted by Gasteiger charge is -2.35. The molecule has 4 heterocycles. The number of piperazine rings is 1. The Morgan fingerprint density at radius 1 is 1.03 bits per heavy atom. The van der Waals surface area contributed by atoms with Crippen LogP contribution in [0.1, 0.15) is 23.2 Å². The summed E-state index contributed by atoms with van der Waals surface area (Å²) in [6.07, 6.45) is 4.05. The van der Waals surface area contributed by atoms with Gasteiger partial charge < -0.3 is 29.3 Å². The molecule has 0 atom stereocenters. The number of halogens is 1. The predicted octanol–water partition coefficient (Wildman–Crippen LogP) is 3.33. The van der Waals surface area contributed by atoms with E-state index in [1.165, 1.54) is 12.8 Å². The lowest BCUT2D eigenvalue weighted by atomic mass is 10.1. The van der Waals surface area contributed by atoms with Gasteiger partial charge in [0.05, 0.1) is 11.1 Å². The summed E-state index contributed by atoms with van der Waals surface area (Å²) in [5.41, 5.74) is 2.19. The van der Waals surface area contributed by atoms with E-state index in [4.69, 9.17) is 16.3 Å². The number of rotatable bonds is 5. The molecule has 1 N–H and O–H groups in total. The van der Waals surface area contributed by atoms with Crippen LogP contribution >= 0.6 is 11.6 Å². The number of fused-ring (bicyclic) bond motifs is 2. The molecule has 2 fully saturated rings. The highest BCUT2D eigenvalue weighted by atomic mass is 35.5. The number of hydrogen-bond acceptors (Lipinski definition) is 6. The minimum absolute atomic E-state index is 0.133. The monoisotopic (exact) mass is 507 g/mol. The van der Waals surface area contributed by atoms with Gasteiger partial charge >= 0.3 is 0 Å². The number of likely N-dealkylation sites (tertiary alicyclic amines) is 1. The van der Waals surface area contributed by atoms with Gasteiger partial charge in [0, 0.05) is 68.3 Å². The molecular formula is C27H30ClN5O3. The van der Waals surface area contributed by atoms with Crippen LogP contribution in [0.3, 0.4) is 0 Å². The largest absolute Gasteiger partial charge is 0.453 e. The van der Waals surface area contributed by atoms with Crippen molar-refractivity contribution in [2.45, 2.75) is 12.8 Å². The molecule has 188 valence electrons. The Hall–Kier alpha value is -3.07. The van der Waals surface area contributed by atoms with Crippen molar-refractivity contribution in [3.63, 3.8) is 0 Å². The fourth-order valence-corrected chi connectivity index (χ4v) is 5.57. The minimum atomic E-state index is -0.349. The standard InChI is InChI=1S/C27H30ClN5O3/c1-30-10-12-32(13-11-30)19-15-20-25-24(16-19)36-23-14-18(28)4-5-22(23)33(25)17-21(26(20)34)27(35)29-6-9-31-7-2-3-8-31/h4-5,14-17H,2-3,6-13H2,1H3,(H,29,35). The van der Waals surface area contributed by atoms with E-state index in [0.29, 0.717) is 34.0 Å². The number of hydrogen-bond donors (Lipinski definition) is 1. The molecule has 0 radical (unpaired) electrons. The molecule has 0 unspecified atom stereocenters. The lowest BCUT2D eigenvalue weighted by molar-refractivity contribution is 0.0948. The summed E-state index contributed by atoms with van der Waals surface area (Å²) >= 11 is 6.27. The highest BCUT2D eigenvalue weighted by Gasteiger charge is 2.27. The Morgan fingerprint density at radius 2 is 1.81 bits per heavy atom. The summed E-state index contributed by atoms with van der Waals surface area (Å²) in [4.78, 5) is 33.8. The maximum atomic E-state index is 13.7. The molecule has 3 aliphatic rings. The van der Waals surface area contributed by atoms with E-state index >= 15 is 0 Å². The van der Waals surface area contributed by atoms with Crippen LogP contribution in [0.25, 0.3) is 16.6 Å². The molecule has 3 aromatic rings. The van der Waals surface area contributed by atoms with E-state index in [9.17, 15) is 9.59 Å². The van der Waals surface area contributed by atoms with Crippen LogP contribution in [0.2, 0.25) is 5.02 Å². The first kappa shape index (κ1) is 23.3. The van der Waals surface area contributed by atoms with Crippen LogP contribution in [-0.2, 0) is 0 Å². The van der Waals surface area contributed by atoms with E-state index in [2.05, 4.69) is 27.1 Å².